The zero-order chi connectivity index (χ0) is 64.9. The van der Waals surface area contributed by atoms with Gasteiger partial charge in [0, 0.05) is 162 Å². The lowest BCUT2D eigenvalue weighted by atomic mass is 10.0. The maximum atomic E-state index is 12.6. The molecule has 94 heavy (non-hydrogen) atoms. The highest BCUT2D eigenvalue weighted by Crippen LogP contribution is 2.32. The predicted molar refractivity (Wildman–Crippen MR) is 371 cm³/mol. The molecule has 14 aromatic rings. The summed E-state index contributed by atoms with van der Waals surface area (Å²) in [4.78, 5) is 73.6. The first-order valence-electron chi connectivity index (χ1n) is 31.9. The largest absolute Gasteiger partial charge is 0.495 e. The van der Waals surface area contributed by atoms with Gasteiger partial charge in [-0.15, -0.1) is 0 Å². The van der Waals surface area contributed by atoms with E-state index in [-0.39, 0.29) is 18.1 Å². The van der Waals surface area contributed by atoms with Crippen molar-refractivity contribution in [2.24, 2.45) is 0 Å². The molecule has 14 rings (SSSR count). The molecule has 0 aliphatic heterocycles. The van der Waals surface area contributed by atoms with Crippen LogP contribution in [0.15, 0.2) is 184 Å². The summed E-state index contributed by atoms with van der Waals surface area (Å²) < 4.78 is 15.4. The van der Waals surface area contributed by atoms with Gasteiger partial charge in [-0.2, -0.15) is 0 Å². The van der Waals surface area contributed by atoms with Crippen LogP contribution in [0.3, 0.4) is 0 Å². The number of amides is 3. The molecule has 0 aliphatic rings. The molecule has 0 bridgehead atoms. The molecular weight excluding hydrogens is 1180 g/mol. The van der Waals surface area contributed by atoms with Crippen molar-refractivity contribution < 1.29 is 23.9 Å². The molecule has 20 nitrogen and oxygen atoms in total. The van der Waals surface area contributed by atoms with Gasteiger partial charge in [0.25, 0.3) is 0 Å². The number of aromatic amines is 3. The van der Waals surface area contributed by atoms with Crippen LogP contribution in [-0.4, -0.2) is 111 Å². The minimum Gasteiger partial charge on any atom is -0.495 e. The molecule has 11 aromatic heterocycles. The third kappa shape index (κ3) is 13.8. The molecule has 6 N–H and O–H groups in total. The first-order valence-corrected chi connectivity index (χ1v) is 31.9. The third-order valence-corrected chi connectivity index (χ3v) is 16.9. The van der Waals surface area contributed by atoms with Crippen LogP contribution in [0.25, 0.3) is 88.1 Å². The number of methoxy groups -OCH3 is 2. The van der Waals surface area contributed by atoms with Crippen LogP contribution in [0.5, 0.6) is 11.8 Å². The minimum absolute atomic E-state index is 0.0797. The first kappa shape index (κ1) is 62.8. The van der Waals surface area contributed by atoms with E-state index >= 15 is 0 Å². The Morgan fingerprint density at radius 2 is 0.798 bits per heavy atom. The number of ether oxygens (including phenoxy) is 2. The fourth-order valence-corrected chi connectivity index (χ4v) is 11.8. The SMILES string of the molecule is CCCCNC(=O)n1ccc2c(Cc3c[nH]c4ncc(-c5ccncc5)cc34)cccc21.CCCCNC(=O)n1ccc2c(Cc3c[nH]c4ncc(-c5cnc(OC)nc5)cc34)cccc21.CCCCNC(=O)n1ccc2c(Cc3c[nH]c4ncc(OC)cc34)cccc21. The van der Waals surface area contributed by atoms with Gasteiger partial charge < -0.3 is 40.4 Å². The Kier molecular flexibility index (Phi) is 19.5. The topological polar surface area (TPSA) is 245 Å². The van der Waals surface area contributed by atoms with Gasteiger partial charge in [0.1, 0.15) is 22.7 Å². The Morgan fingerprint density at radius 1 is 0.415 bits per heavy atom. The summed E-state index contributed by atoms with van der Waals surface area (Å²) in [5.74, 6) is 0.737. The Balaban J connectivity index is 0.000000136. The zero-order valence-corrected chi connectivity index (χ0v) is 53.4. The summed E-state index contributed by atoms with van der Waals surface area (Å²) in [6, 6.07) is 34.7. The second-order valence-corrected chi connectivity index (χ2v) is 23.0. The number of aromatic nitrogens is 12. The van der Waals surface area contributed by atoms with Crippen molar-refractivity contribution in [2.75, 3.05) is 33.9 Å². The molecular formula is C74H75N15O5. The van der Waals surface area contributed by atoms with Gasteiger partial charge in [0.05, 0.1) is 37.0 Å². The number of fused-ring (bicyclic) bond motifs is 6. The summed E-state index contributed by atoms with van der Waals surface area (Å²) >= 11 is 0. The fraction of sp³-hybridized carbons (Fsp3) is 0.230. The van der Waals surface area contributed by atoms with Gasteiger partial charge in [-0.3, -0.25) is 18.7 Å². The van der Waals surface area contributed by atoms with Crippen LogP contribution in [-0.2, 0) is 19.3 Å². The molecule has 0 saturated carbocycles. The molecule has 20 heteroatoms. The minimum atomic E-state index is -0.0942. The number of hydrogen-bond acceptors (Lipinski definition) is 11. The van der Waals surface area contributed by atoms with Gasteiger partial charge in [-0.05, 0) is 125 Å². The maximum Gasteiger partial charge on any atom is 0.326 e. The highest BCUT2D eigenvalue weighted by atomic mass is 16.5. The van der Waals surface area contributed by atoms with Crippen molar-refractivity contribution >= 4 is 83.9 Å². The van der Waals surface area contributed by atoms with Crippen LogP contribution in [0, 0.1) is 0 Å². The first-order chi connectivity index (χ1) is 46.1. The highest BCUT2D eigenvalue weighted by Gasteiger charge is 2.18. The van der Waals surface area contributed by atoms with Crippen molar-refractivity contribution in [3.63, 3.8) is 0 Å². The van der Waals surface area contributed by atoms with Crippen LogP contribution >= 0.6 is 0 Å². The third-order valence-electron chi connectivity index (χ3n) is 16.9. The Hall–Kier alpha value is -11.4. The van der Waals surface area contributed by atoms with Crippen LogP contribution in [0.4, 0.5) is 14.4 Å². The van der Waals surface area contributed by atoms with Crippen LogP contribution in [0.2, 0.25) is 0 Å². The molecule has 3 amide bonds. The average Bonchev–Trinajstić information content (AvgIpc) is 1.66. The van der Waals surface area contributed by atoms with Crippen molar-refractivity contribution in [2.45, 2.75) is 78.6 Å². The Labute approximate surface area is 543 Å². The summed E-state index contributed by atoms with van der Waals surface area (Å²) in [5.41, 5.74) is 16.2. The van der Waals surface area contributed by atoms with E-state index in [0.29, 0.717) is 32.1 Å². The molecule has 0 aliphatic carbocycles. The van der Waals surface area contributed by atoms with Crippen molar-refractivity contribution in [3.8, 4) is 34.0 Å². The van der Waals surface area contributed by atoms with Gasteiger partial charge in [-0.25, -0.2) is 39.3 Å². The summed E-state index contributed by atoms with van der Waals surface area (Å²) in [7, 11) is 3.19. The molecule has 0 fully saturated rings. The number of carbonyl (C=O) groups excluding carboxylic acids is 3. The summed E-state index contributed by atoms with van der Waals surface area (Å²) in [5, 5.41) is 15.4. The van der Waals surface area contributed by atoms with Gasteiger partial charge in [0.2, 0.25) is 0 Å². The summed E-state index contributed by atoms with van der Waals surface area (Å²) in [6.07, 6.45) is 32.3. The second kappa shape index (κ2) is 29.3. The van der Waals surface area contributed by atoms with E-state index in [1.807, 2.05) is 122 Å². The zero-order valence-electron chi connectivity index (χ0n) is 53.4. The molecule has 0 unspecified atom stereocenters. The Bertz CT molecular complexity index is 4940. The number of hydrogen-bond donors (Lipinski definition) is 6. The van der Waals surface area contributed by atoms with Crippen molar-refractivity contribution in [3.05, 3.63) is 217 Å². The normalized spacial score (nSPS) is 11.2. The van der Waals surface area contributed by atoms with Gasteiger partial charge >= 0.3 is 24.1 Å². The monoisotopic (exact) mass is 1250 g/mol. The van der Waals surface area contributed by atoms with E-state index in [9.17, 15) is 14.4 Å². The quantitative estimate of drug-likeness (QED) is 0.0416. The van der Waals surface area contributed by atoms with E-state index in [0.717, 1.165) is 162 Å². The number of pyridine rings is 4. The molecule has 3 aromatic carbocycles. The molecule has 0 spiro atoms. The molecule has 0 saturated heterocycles. The number of nitrogens with one attached hydrogen (secondary N) is 6. The van der Waals surface area contributed by atoms with E-state index in [2.05, 4.69) is 112 Å². The number of H-pyrrole nitrogens is 3. The number of benzene rings is 3. The van der Waals surface area contributed by atoms with Crippen LogP contribution in [0.1, 0.15) is 92.7 Å². The molecule has 11 heterocycles. The molecule has 0 radical (unpaired) electrons. The maximum absolute atomic E-state index is 12.6. The lowest BCUT2D eigenvalue weighted by Crippen LogP contribution is -2.28. The highest BCUT2D eigenvalue weighted by molar-refractivity contribution is 5.97. The lowest BCUT2D eigenvalue weighted by molar-refractivity contribution is 0.242. The van der Waals surface area contributed by atoms with Crippen molar-refractivity contribution in [1.29, 1.82) is 0 Å². The second-order valence-electron chi connectivity index (χ2n) is 23.0. The van der Waals surface area contributed by atoms with E-state index in [1.54, 1.807) is 58.9 Å². The standard InChI is InChI=1S/C26H26N6O2.C26H25N5O.C22H24N4O2/c1-3-4-9-27-26(33)32-10-8-21-17(6-5-7-23(21)32)11-19-14-29-24-22(19)12-18(13-28-24)20-15-30-25(34-2)31-16-20;1-2-3-10-28-26(32)31-13-9-22-19(5-4-6-24(22)31)14-21-17-30-25-23(21)15-20(16-29-25)18-7-11-27-12-8-18;1-3-4-9-23-22(27)26-10-8-18-15(6-5-7-20(18)26)11-16-13-24-21-19(16)12-17(28-2)14-25-21/h5-8,10,12-16H,3-4,9,11H2,1-2H3,(H,27,33)(H,28,29);4-9,11-13,15-17H,2-3,10,14H2,1H3,(H,28,32)(H,29,30);5-8,10,12-14H,3-4,9,11H2,1-2H3,(H,23,27)(H,24,25). The fourth-order valence-electron chi connectivity index (χ4n) is 11.8. The summed E-state index contributed by atoms with van der Waals surface area (Å²) in [6.45, 7) is 8.40. The number of carbonyl (C=O) groups is 3. The number of unbranched alkanes of at least 4 members (excludes halogenated alkanes) is 3. The van der Waals surface area contributed by atoms with Gasteiger partial charge in [0.15, 0.2) is 0 Å². The van der Waals surface area contributed by atoms with Crippen molar-refractivity contribution in [1.82, 2.24) is 74.5 Å². The lowest BCUT2D eigenvalue weighted by Gasteiger charge is -2.08. The van der Waals surface area contributed by atoms with E-state index in [4.69, 9.17) is 9.47 Å². The van der Waals surface area contributed by atoms with E-state index in [1.165, 1.54) is 16.7 Å². The number of rotatable bonds is 19. The molecule has 0 atom stereocenters. The number of nitrogens with zero attached hydrogens (tertiary/aromatic N) is 9. The smallest absolute Gasteiger partial charge is 0.326 e. The Morgan fingerprint density at radius 3 is 1.19 bits per heavy atom. The average molecular weight is 1250 g/mol. The predicted octanol–water partition coefficient (Wildman–Crippen LogP) is 14.9. The van der Waals surface area contributed by atoms with E-state index < -0.39 is 0 Å². The molecule has 476 valence electrons. The van der Waals surface area contributed by atoms with Crippen LogP contribution < -0.4 is 25.4 Å². The van der Waals surface area contributed by atoms with Gasteiger partial charge in [-0.1, -0.05) is 76.4 Å².